The zero-order valence-electron chi connectivity index (χ0n) is 8.85. The Morgan fingerprint density at radius 3 is 2.47 bits per heavy atom. The molecule has 0 aromatic carbocycles. The summed E-state index contributed by atoms with van der Waals surface area (Å²) in [6, 6.07) is 0. The van der Waals surface area contributed by atoms with E-state index in [9.17, 15) is 9.90 Å². The van der Waals surface area contributed by atoms with Crippen LogP contribution in [-0.2, 0) is 4.79 Å². The highest BCUT2D eigenvalue weighted by atomic mass is 16.4. The number of aliphatic carboxylic acids is 1. The lowest BCUT2D eigenvalue weighted by Gasteiger charge is -2.30. The number of carbonyl (C=O) groups is 1. The Bertz CT molecular complexity index is 260. The molecule has 1 aliphatic carbocycles. The van der Waals surface area contributed by atoms with Crippen molar-refractivity contribution in [2.24, 2.45) is 0 Å². The van der Waals surface area contributed by atoms with Crippen LogP contribution < -0.4 is 0 Å². The molecule has 0 spiro atoms. The fourth-order valence-corrected chi connectivity index (χ4v) is 1.92. The number of hydrogen-bond acceptors (Lipinski definition) is 2. The molecule has 84 valence electrons. The predicted molar refractivity (Wildman–Crippen MR) is 58.6 cm³/mol. The summed E-state index contributed by atoms with van der Waals surface area (Å²) in [7, 11) is 0. The van der Waals surface area contributed by atoms with Gasteiger partial charge in [-0.1, -0.05) is 37.5 Å². The molecule has 2 N–H and O–H groups in total. The van der Waals surface area contributed by atoms with Crippen LogP contribution in [0.1, 0.15) is 38.5 Å². The van der Waals surface area contributed by atoms with Gasteiger partial charge in [-0.3, -0.25) is 0 Å². The number of hydrogen-bond donors (Lipinski definition) is 2. The Morgan fingerprint density at radius 2 is 1.87 bits per heavy atom. The van der Waals surface area contributed by atoms with Gasteiger partial charge in [0.25, 0.3) is 0 Å². The second-order valence-electron chi connectivity index (χ2n) is 4.11. The van der Waals surface area contributed by atoms with E-state index in [0.717, 1.165) is 31.8 Å². The molecule has 1 fully saturated rings. The van der Waals surface area contributed by atoms with Crippen molar-refractivity contribution in [1.82, 2.24) is 0 Å². The van der Waals surface area contributed by atoms with Crippen LogP contribution in [0, 0.1) is 0 Å². The van der Waals surface area contributed by atoms with E-state index >= 15 is 0 Å². The molecule has 3 heteroatoms. The second-order valence-corrected chi connectivity index (χ2v) is 4.11. The number of rotatable bonds is 4. The van der Waals surface area contributed by atoms with Crippen molar-refractivity contribution >= 4 is 5.97 Å². The molecule has 0 bridgehead atoms. The van der Waals surface area contributed by atoms with Crippen molar-refractivity contribution in [2.75, 3.05) is 0 Å². The highest BCUT2D eigenvalue weighted by Crippen LogP contribution is 2.30. The molecular formula is C12H18O3. The lowest BCUT2D eigenvalue weighted by molar-refractivity contribution is -0.131. The van der Waals surface area contributed by atoms with E-state index < -0.39 is 11.6 Å². The molecule has 0 aromatic heterocycles. The smallest absolute Gasteiger partial charge is 0.328 e. The van der Waals surface area contributed by atoms with Gasteiger partial charge in [0.15, 0.2) is 0 Å². The molecule has 0 saturated heterocycles. The van der Waals surface area contributed by atoms with E-state index in [4.69, 9.17) is 5.11 Å². The second kappa shape index (κ2) is 5.71. The Hall–Kier alpha value is -1.09. The van der Waals surface area contributed by atoms with Crippen molar-refractivity contribution in [1.29, 1.82) is 0 Å². The zero-order valence-corrected chi connectivity index (χ0v) is 8.85. The molecule has 15 heavy (non-hydrogen) atoms. The maximum absolute atomic E-state index is 10.2. The van der Waals surface area contributed by atoms with Crippen LogP contribution >= 0.6 is 0 Å². The van der Waals surface area contributed by atoms with Crippen LogP contribution in [0.15, 0.2) is 24.3 Å². The third-order valence-electron chi connectivity index (χ3n) is 2.77. The Morgan fingerprint density at radius 1 is 1.20 bits per heavy atom. The normalized spacial score (nSPS) is 21.1. The minimum absolute atomic E-state index is 0.550. The van der Waals surface area contributed by atoms with Crippen molar-refractivity contribution in [3.63, 3.8) is 0 Å². The topological polar surface area (TPSA) is 57.5 Å². The third-order valence-corrected chi connectivity index (χ3v) is 2.77. The third kappa shape index (κ3) is 4.79. The molecule has 0 atom stereocenters. The lowest BCUT2D eigenvalue weighted by atomic mass is 9.82. The van der Waals surface area contributed by atoms with Gasteiger partial charge in [0.2, 0.25) is 0 Å². The molecule has 0 amide bonds. The molecule has 0 heterocycles. The summed E-state index contributed by atoms with van der Waals surface area (Å²) in [5, 5.41) is 18.4. The van der Waals surface area contributed by atoms with E-state index in [-0.39, 0.29) is 0 Å². The van der Waals surface area contributed by atoms with Gasteiger partial charge in [-0.05, 0) is 19.3 Å². The van der Waals surface area contributed by atoms with E-state index in [1.165, 1.54) is 12.5 Å². The fourth-order valence-electron chi connectivity index (χ4n) is 1.92. The number of aliphatic hydroxyl groups is 1. The van der Waals surface area contributed by atoms with Crippen LogP contribution in [0.2, 0.25) is 0 Å². The lowest BCUT2D eigenvalue weighted by Crippen LogP contribution is -2.30. The van der Waals surface area contributed by atoms with Crippen molar-refractivity contribution in [3.8, 4) is 0 Å². The summed E-state index contributed by atoms with van der Waals surface area (Å²) in [5.41, 5.74) is -0.550. The van der Waals surface area contributed by atoms with Gasteiger partial charge in [0.1, 0.15) is 0 Å². The van der Waals surface area contributed by atoms with Crippen LogP contribution in [0.4, 0.5) is 0 Å². The maximum atomic E-state index is 10.2. The van der Waals surface area contributed by atoms with Crippen LogP contribution in [-0.4, -0.2) is 21.8 Å². The van der Waals surface area contributed by atoms with Gasteiger partial charge in [-0.15, -0.1) is 0 Å². The SMILES string of the molecule is O=C(O)/C=C/C=C/CC1(O)CCCCC1. The molecule has 0 aromatic rings. The summed E-state index contributed by atoms with van der Waals surface area (Å²) >= 11 is 0. The standard InChI is InChI=1S/C12H18O3/c13-11(14)7-3-1-4-8-12(15)9-5-2-6-10-12/h1,3-4,7,15H,2,5-6,8-10H2,(H,13,14)/b4-1+,7-3+. The monoisotopic (exact) mass is 210 g/mol. The largest absolute Gasteiger partial charge is 0.478 e. The van der Waals surface area contributed by atoms with E-state index in [0.29, 0.717) is 6.42 Å². The van der Waals surface area contributed by atoms with Crippen LogP contribution in [0.25, 0.3) is 0 Å². The van der Waals surface area contributed by atoms with Crippen molar-refractivity contribution in [2.45, 2.75) is 44.1 Å². The quantitative estimate of drug-likeness (QED) is 0.552. The first kappa shape index (κ1) is 12.0. The van der Waals surface area contributed by atoms with Gasteiger partial charge in [-0.25, -0.2) is 4.79 Å². The van der Waals surface area contributed by atoms with Crippen molar-refractivity contribution in [3.05, 3.63) is 24.3 Å². The van der Waals surface area contributed by atoms with Gasteiger partial charge in [-0.2, -0.15) is 0 Å². The first-order valence-corrected chi connectivity index (χ1v) is 5.41. The van der Waals surface area contributed by atoms with Gasteiger partial charge >= 0.3 is 5.97 Å². The van der Waals surface area contributed by atoms with Crippen LogP contribution in [0.3, 0.4) is 0 Å². The summed E-state index contributed by atoms with van der Waals surface area (Å²) in [5.74, 6) is -0.948. The minimum Gasteiger partial charge on any atom is -0.478 e. The molecule has 0 radical (unpaired) electrons. The molecule has 3 nitrogen and oxygen atoms in total. The van der Waals surface area contributed by atoms with Crippen molar-refractivity contribution < 1.29 is 15.0 Å². The van der Waals surface area contributed by atoms with E-state index in [1.807, 2.05) is 6.08 Å². The average molecular weight is 210 g/mol. The summed E-state index contributed by atoms with van der Waals surface area (Å²) in [6.07, 6.45) is 11.8. The summed E-state index contributed by atoms with van der Waals surface area (Å²) in [4.78, 5) is 10.2. The average Bonchev–Trinajstić information content (AvgIpc) is 2.17. The summed E-state index contributed by atoms with van der Waals surface area (Å²) in [6.45, 7) is 0. The maximum Gasteiger partial charge on any atom is 0.328 e. The molecule has 0 aliphatic heterocycles. The zero-order chi connectivity index (χ0) is 11.1. The van der Waals surface area contributed by atoms with Gasteiger partial charge in [0, 0.05) is 6.08 Å². The Balaban J connectivity index is 2.31. The summed E-state index contributed by atoms with van der Waals surface area (Å²) < 4.78 is 0. The predicted octanol–water partition coefficient (Wildman–Crippen LogP) is 2.27. The Kier molecular flexibility index (Phi) is 4.56. The van der Waals surface area contributed by atoms with Gasteiger partial charge in [0.05, 0.1) is 5.60 Å². The number of carboxylic acids is 1. The minimum atomic E-state index is -0.948. The number of allylic oxidation sites excluding steroid dienone is 2. The van der Waals surface area contributed by atoms with Crippen LogP contribution in [0.5, 0.6) is 0 Å². The highest BCUT2D eigenvalue weighted by Gasteiger charge is 2.27. The fraction of sp³-hybridized carbons (Fsp3) is 0.583. The highest BCUT2D eigenvalue weighted by molar-refractivity contribution is 5.80. The first-order chi connectivity index (χ1) is 7.12. The molecule has 1 rings (SSSR count). The molecule has 1 saturated carbocycles. The first-order valence-electron chi connectivity index (χ1n) is 5.41. The van der Waals surface area contributed by atoms with E-state index in [2.05, 4.69) is 0 Å². The van der Waals surface area contributed by atoms with E-state index in [1.54, 1.807) is 6.08 Å². The molecule has 1 aliphatic rings. The number of carboxylic acid groups (broad SMARTS) is 1. The molecule has 0 unspecified atom stereocenters. The Labute approximate surface area is 90.1 Å². The van der Waals surface area contributed by atoms with Gasteiger partial charge < -0.3 is 10.2 Å². The molecular weight excluding hydrogens is 192 g/mol.